The first-order valence-corrected chi connectivity index (χ1v) is 13.2. The molecule has 2 aliphatic carbocycles. The van der Waals surface area contributed by atoms with Crippen molar-refractivity contribution in [2.24, 2.45) is 23.7 Å². The fourth-order valence-electron chi connectivity index (χ4n) is 6.06. The number of esters is 1. The zero-order valence-electron chi connectivity index (χ0n) is 19.7. The Bertz CT molecular complexity index is 1210. The highest BCUT2D eigenvalue weighted by atomic mass is 79.9. The number of halogens is 2. The summed E-state index contributed by atoms with van der Waals surface area (Å²) in [7, 11) is 0. The normalized spacial score (nSPS) is 25.1. The number of fused-ring (bicyclic) bond motifs is 5. The molecule has 1 heterocycles. The van der Waals surface area contributed by atoms with Crippen LogP contribution in [0.2, 0.25) is 5.02 Å². The highest BCUT2D eigenvalue weighted by Gasteiger charge is 2.62. The first-order chi connectivity index (χ1) is 17.2. The van der Waals surface area contributed by atoms with E-state index in [9.17, 15) is 19.2 Å². The van der Waals surface area contributed by atoms with Crippen molar-refractivity contribution in [3.63, 3.8) is 0 Å². The number of anilines is 1. The molecule has 9 heteroatoms. The van der Waals surface area contributed by atoms with E-state index in [4.69, 9.17) is 16.3 Å². The lowest BCUT2D eigenvalue weighted by molar-refractivity contribution is -0.160. The molecular weight excluding hydrogens is 548 g/mol. The second-order valence-corrected chi connectivity index (χ2v) is 11.1. The van der Waals surface area contributed by atoms with E-state index in [-0.39, 0.29) is 41.9 Å². The van der Waals surface area contributed by atoms with Crippen LogP contribution >= 0.6 is 27.5 Å². The predicted octanol–water partition coefficient (Wildman–Crippen LogP) is 4.54. The van der Waals surface area contributed by atoms with Gasteiger partial charge in [-0.15, -0.1) is 0 Å². The number of rotatable bonds is 7. The molecule has 1 N–H and O–H groups in total. The number of likely N-dealkylation sites (tertiary alicyclic amines) is 1. The smallest absolute Gasteiger partial charge is 0.330 e. The van der Waals surface area contributed by atoms with E-state index in [1.54, 1.807) is 12.1 Å². The Morgan fingerprint density at radius 2 is 1.75 bits per heavy atom. The van der Waals surface area contributed by atoms with E-state index in [1.165, 1.54) is 0 Å². The van der Waals surface area contributed by atoms with Crippen LogP contribution in [0.15, 0.2) is 46.9 Å². The lowest BCUT2D eigenvalue weighted by atomic mass is 9.81. The Kier molecular flexibility index (Phi) is 6.92. The summed E-state index contributed by atoms with van der Waals surface area (Å²) in [6, 6.07) is 11.5. The van der Waals surface area contributed by atoms with Gasteiger partial charge in [0.1, 0.15) is 6.04 Å². The van der Waals surface area contributed by atoms with E-state index in [2.05, 4.69) is 21.2 Å². The highest BCUT2D eigenvalue weighted by molar-refractivity contribution is 9.10. The fourth-order valence-corrected chi connectivity index (χ4v) is 6.68. The number of amides is 3. The molecular formula is C27H26BrClN2O5. The number of benzene rings is 2. The predicted molar refractivity (Wildman–Crippen MR) is 137 cm³/mol. The van der Waals surface area contributed by atoms with Crippen LogP contribution in [0.25, 0.3) is 0 Å². The van der Waals surface area contributed by atoms with Gasteiger partial charge in [0.15, 0.2) is 6.61 Å². The van der Waals surface area contributed by atoms with Crippen LogP contribution in [0.4, 0.5) is 5.69 Å². The SMILES string of the molecule is Cc1cc(Br)c(Cl)cc1NC(=O)COC(=O)[C@H](Cc1ccccc1)N1C(=O)[C@@H]2[C@H]3CC[C@@H](C3)[C@@H]2C1=O. The average Bonchev–Trinajstić information content (AvgIpc) is 3.54. The largest absolute Gasteiger partial charge is 0.454 e. The van der Waals surface area contributed by atoms with Gasteiger partial charge < -0.3 is 10.1 Å². The minimum absolute atomic E-state index is 0.134. The van der Waals surface area contributed by atoms with Gasteiger partial charge in [-0.25, -0.2) is 4.79 Å². The molecule has 2 bridgehead atoms. The second kappa shape index (κ2) is 9.98. The quantitative estimate of drug-likeness (QED) is 0.388. The number of nitrogens with zero attached hydrogens (tertiary/aromatic N) is 1. The van der Waals surface area contributed by atoms with Gasteiger partial charge in [0.2, 0.25) is 11.8 Å². The summed E-state index contributed by atoms with van der Waals surface area (Å²) < 4.78 is 6.07. The third-order valence-corrected chi connectivity index (χ3v) is 8.90. The first kappa shape index (κ1) is 25.0. The van der Waals surface area contributed by atoms with Gasteiger partial charge in [-0.1, -0.05) is 41.9 Å². The maximum Gasteiger partial charge on any atom is 0.330 e. The van der Waals surface area contributed by atoms with Crippen molar-refractivity contribution < 1.29 is 23.9 Å². The molecule has 3 aliphatic rings. The zero-order valence-corrected chi connectivity index (χ0v) is 22.1. The molecule has 2 aromatic carbocycles. The molecule has 5 rings (SSSR count). The molecule has 2 saturated carbocycles. The average molecular weight is 574 g/mol. The minimum Gasteiger partial charge on any atom is -0.454 e. The van der Waals surface area contributed by atoms with E-state index in [0.29, 0.717) is 15.2 Å². The lowest BCUT2D eigenvalue weighted by Crippen LogP contribution is -2.48. The molecule has 1 aliphatic heterocycles. The summed E-state index contributed by atoms with van der Waals surface area (Å²) in [6.07, 6.45) is 2.95. The topological polar surface area (TPSA) is 92.8 Å². The van der Waals surface area contributed by atoms with Crippen LogP contribution in [-0.2, 0) is 30.3 Å². The molecule has 0 radical (unpaired) electrons. The van der Waals surface area contributed by atoms with Crippen molar-refractivity contribution in [2.75, 3.05) is 11.9 Å². The Morgan fingerprint density at radius 3 is 2.39 bits per heavy atom. The lowest BCUT2D eigenvalue weighted by Gasteiger charge is -2.26. The number of carbonyl (C=O) groups excluding carboxylic acids is 4. The maximum atomic E-state index is 13.4. The van der Waals surface area contributed by atoms with Crippen molar-refractivity contribution in [3.8, 4) is 0 Å². The van der Waals surface area contributed by atoms with Crippen LogP contribution in [0.1, 0.15) is 30.4 Å². The van der Waals surface area contributed by atoms with Gasteiger partial charge in [-0.05, 0) is 77.2 Å². The number of nitrogens with one attached hydrogen (secondary N) is 1. The summed E-state index contributed by atoms with van der Waals surface area (Å²) in [5.41, 5.74) is 2.07. The van der Waals surface area contributed by atoms with Crippen molar-refractivity contribution in [3.05, 3.63) is 63.1 Å². The molecule has 7 nitrogen and oxygen atoms in total. The van der Waals surface area contributed by atoms with Gasteiger partial charge in [-0.2, -0.15) is 0 Å². The molecule has 1 saturated heterocycles. The second-order valence-electron chi connectivity index (χ2n) is 9.87. The number of aryl methyl sites for hydroxylation is 1. The Morgan fingerprint density at radius 1 is 1.11 bits per heavy atom. The van der Waals surface area contributed by atoms with Gasteiger partial charge in [0.25, 0.3) is 5.91 Å². The number of hydrogen-bond acceptors (Lipinski definition) is 5. The van der Waals surface area contributed by atoms with Crippen LogP contribution < -0.4 is 5.32 Å². The molecule has 5 atom stereocenters. The van der Waals surface area contributed by atoms with Gasteiger partial charge in [0, 0.05) is 16.6 Å². The van der Waals surface area contributed by atoms with Crippen molar-refractivity contribution in [1.82, 2.24) is 4.90 Å². The molecule has 3 amide bonds. The van der Waals surface area contributed by atoms with Gasteiger partial charge in [0.05, 0.1) is 16.9 Å². The van der Waals surface area contributed by atoms with Crippen molar-refractivity contribution >= 4 is 56.9 Å². The third-order valence-electron chi connectivity index (χ3n) is 7.70. The maximum absolute atomic E-state index is 13.4. The summed E-state index contributed by atoms with van der Waals surface area (Å²) in [4.78, 5) is 53.8. The Balaban J connectivity index is 1.32. The monoisotopic (exact) mass is 572 g/mol. The summed E-state index contributed by atoms with van der Waals surface area (Å²) in [6.45, 7) is 1.26. The Hall–Kier alpha value is -2.71. The summed E-state index contributed by atoms with van der Waals surface area (Å²) in [5, 5.41) is 3.12. The summed E-state index contributed by atoms with van der Waals surface area (Å²) >= 11 is 9.46. The molecule has 188 valence electrons. The molecule has 2 aromatic rings. The van der Waals surface area contributed by atoms with Gasteiger partial charge >= 0.3 is 5.97 Å². The van der Waals surface area contributed by atoms with Crippen LogP contribution in [0.3, 0.4) is 0 Å². The van der Waals surface area contributed by atoms with Crippen molar-refractivity contribution in [2.45, 2.75) is 38.6 Å². The number of carbonyl (C=O) groups is 4. The number of ether oxygens (including phenoxy) is 1. The van der Waals surface area contributed by atoms with Crippen molar-refractivity contribution in [1.29, 1.82) is 0 Å². The Labute approximate surface area is 222 Å². The molecule has 3 fully saturated rings. The van der Waals surface area contributed by atoms with Gasteiger partial charge in [-0.3, -0.25) is 19.3 Å². The first-order valence-electron chi connectivity index (χ1n) is 12.1. The van der Waals surface area contributed by atoms with E-state index in [0.717, 1.165) is 35.3 Å². The minimum atomic E-state index is -1.12. The van der Waals surface area contributed by atoms with Crippen LogP contribution in [-0.4, -0.2) is 41.2 Å². The molecule has 36 heavy (non-hydrogen) atoms. The molecule has 0 spiro atoms. The molecule has 0 unspecified atom stereocenters. The van der Waals surface area contributed by atoms with E-state index in [1.807, 2.05) is 37.3 Å². The summed E-state index contributed by atoms with van der Waals surface area (Å²) in [5.74, 6) is -2.13. The standard InChI is InChI=1S/C27H26BrClN2O5/c1-14-9-18(28)19(29)12-20(14)30-22(32)13-36-27(35)21(10-15-5-3-2-4-6-15)31-25(33)23-16-7-8-17(11-16)24(23)26(31)34/h2-6,9,12,16-17,21,23-24H,7-8,10-11,13H2,1H3,(H,30,32)/t16-,17-,21-,23-,24+/m0/s1. The van der Waals surface area contributed by atoms with Crippen LogP contribution in [0.5, 0.6) is 0 Å². The van der Waals surface area contributed by atoms with E-state index >= 15 is 0 Å². The highest BCUT2D eigenvalue weighted by Crippen LogP contribution is 2.56. The van der Waals surface area contributed by atoms with E-state index < -0.39 is 24.5 Å². The fraction of sp³-hybridized carbons (Fsp3) is 0.407. The third kappa shape index (κ3) is 4.57. The molecule has 0 aromatic heterocycles. The van der Waals surface area contributed by atoms with Crippen LogP contribution in [0, 0.1) is 30.6 Å². The number of imide groups is 1. The number of hydrogen-bond donors (Lipinski definition) is 1. The zero-order chi connectivity index (χ0) is 25.6.